The van der Waals surface area contributed by atoms with Crippen molar-refractivity contribution < 1.29 is 4.79 Å². The van der Waals surface area contributed by atoms with Crippen LogP contribution < -0.4 is 0 Å². The summed E-state index contributed by atoms with van der Waals surface area (Å²) in [5.74, 6) is 0.520. The second-order valence-electron chi connectivity index (χ2n) is 9.82. The lowest BCUT2D eigenvalue weighted by Gasteiger charge is -2.04. The van der Waals surface area contributed by atoms with E-state index in [2.05, 4.69) is 13.8 Å². The fraction of sp³-hybridized carbons (Fsp3) is 0.966. The molecule has 0 aromatic carbocycles. The zero-order chi connectivity index (χ0) is 22.0. The molecule has 0 aliphatic rings. The maximum Gasteiger partial charge on any atom is 0.132 e. The quantitative estimate of drug-likeness (QED) is 0.127. The third-order valence-corrected chi connectivity index (χ3v) is 6.62. The molecular formula is C29H58O. The van der Waals surface area contributed by atoms with E-state index >= 15 is 0 Å². The van der Waals surface area contributed by atoms with E-state index in [1.807, 2.05) is 0 Å². The van der Waals surface area contributed by atoms with E-state index in [0.29, 0.717) is 5.78 Å². The van der Waals surface area contributed by atoms with Crippen molar-refractivity contribution in [2.24, 2.45) is 0 Å². The molecule has 30 heavy (non-hydrogen) atoms. The van der Waals surface area contributed by atoms with Crippen molar-refractivity contribution in [1.29, 1.82) is 0 Å². The first-order chi connectivity index (χ1) is 14.8. The van der Waals surface area contributed by atoms with Crippen LogP contribution in [0.25, 0.3) is 0 Å². The van der Waals surface area contributed by atoms with Crippen molar-refractivity contribution >= 4 is 5.78 Å². The van der Waals surface area contributed by atoms with E-state index in [1.54, 1.807) is 0 Å². The Morgan fingerprint density at radius 2 is 0.533 bits per heavy atom. The van der Waals surface area contributed by atoms with E-state index in [1.165, 1.54) is 141 Å². The van der Waals surface area contributed by atoms with Gasteiger partial charge >= 0.3 is 0 Å². The topological polar surface area (TPSA) is 17.1 Å². The van der Waals surface area contributed by atoms with Crippen molar-refractivity contribution in [3.8, 4) is 0 Å². The fourth-order valence-corrected chi connectivity index (χ4v) is 4.45. The van der Waals surface area contributed by atoms with Gasteiger partial charge in [-0.1, -0.05) is 155 Å². The Balaban J connectivity index is 3.12. The molecule has 0 saturated heterocycles. The maximum atomic E-state index is 12.0. The predicted molar refractivity (Wildman–Crippen MR) is 136 cm³/mol. The number of carbonyl (C=O) groups excluding carboxylic acids is 1. The van der Waals surface area contributed by atoms with Crippen LogP contribution in [0.5, 0.6) is 0 Å². The molecule has 0 spiro atoms. The van der Waals surface area contributed by atoms with Crippen LogP contribution >= 0.6 is 0 Å². The molecule has 0 atom stereocenters. The zero-order valence-electron chi connectivity index (χ0n) is 21.3. The molecule has 0 aliphatic carbocycles. The van der Waals surface area contributed by atoms with Gasteiger partial charge in [-0.2, -0.15) is 0 Å². The second kappa shape index (κ2) is 26.7. The molecule has 0 heterocycles. The molecule has 1 heteroatoms. The summed E-state index contributed by atoms with van der Waals surface area (Å²) >= 11 is 0. The average Bonchev–Trinajstić information content (AvgIpc) is 2.75. The van der Waals surface area contributed by atoms with Gasteiger partial charge in [-0.15, -0.1) is 0 Å². The first-order valence-corrected chi connectivity index (χ1v) is 14.3. The van der Waals surface area contributed by atoms with E-state index in [-0.39, 0.29) is 0 Å². The Morgan fingerprint density at radius 1 is 0.333 bits per heavy atom. The lowest BCUT2D eigenvalue weighted by Crippen LogP contribution is -1.97. The lowest BCUT2D eigenvalue weighted by atomic mass is 10.0. The highest BCUT2D eigenvalue weighted by atomic mass is 16.1. The summed E-state index contributed by atoms with van der Waals surface area (Å²) in [5, 5.41) is 0. The molecule has 0 amide bonds. The molecule has 0 rings (SSSR count). The average molecular weight is 423 g/mol. The predicted octanol–water partition coefficient (Wildman–Crippen LogP) is 10.7. The number of ketones is 1. The summed E-state index contributed by atoms with van der Waals surface area (Å²) < 4.78 is 0. The van der Waals surface area contributed by atoms with Crippen LogP contribution in [-0.2, 0) is 4.79 Å². The highest BCUT2D eigenvalue weighted by Crippen LogP contribution is 2.15. The Morgan fingerprint density at radius 3 is 0.767 bits per heavy atom. The van der Waals surface area contributed by atoms with Crippen molar-refractivity contribution in [2.45, 2.75) is 181 Å². The number of Topliss-reactive ketones (excluding diaryl/α,β-unsaturated/α-hetero) is 1. The fourth-order valence-electron chi connectivity index (χ4n) is 4.45. The molecule has 0 saturated carbocycles. The Hall–Kier alpha value is -0.330. The highest BCUT2D eigenvalue weighted by molar-refractivity contribution is 5.78. The van der Waals surface area contributed by atoms with Gasteiger partial charge in [0.15, 0.2) is 0 Å². The molecule has 1 nitrogen and oxygen atoms in total. The minimum atomic E-state index is 0.520. The molecule has 0 unspecified atom stereocenters. The van der Waals surface area contributed by atoms with E-state index in [9.17, 15) is 4.79 Å². The minimum absolute atomic E-state index is 0.520. The lowest BCUT2D eigenvalue weighted by molar-refractivity contribution is -0.119. The van der Waals surface area contributed by atoms with Crippen LogP contribution in [0.4, 0.5) is 0 Å². The molecular weight excluding hydrogens is 364 g/mol. The van der Waals surface area contributed by atoms with Gasteiger partial charge in [0.05, 0.1) is 0 Å². The molecule has 0 radical (unpaired) electrons. The van der Waals surface area contributed by atoms with Gasteiger partial charge < -0.3 is 0 Å². The van der Waals surface area contributed by atoms with Crippen molar-refractivity contribution in [1.82, 2.24) is 0 Å². The van der Waals surface area contributed by atoms with Crippen LogP contribution in [0.15, 0.2) is 0 Å². The molecule has 180 valence electrons. The van der Waals surface area contributed by atoms with Gasteiger partial charge in [-0.3, -0.25) is 4.79 Å². The van der Waals surface area contributed by atoms with Crippen molar-refractivity contribution in [2.75, 3.05) is 0 Å². The molecule has 0 N–H and O–H groups in total. The Kier molecular flexibility index (Phi) is 26.4. The summed E-state index contributed by atoms with van der Waals surface area (Å²) in [6.45, 7) is 4.56. The van der Waals surface area contributed by atoms with Gasteiger partial charge in [-0.05, 0) is 12.8 Å². The van der Waals surface area contributed by atoms with Gasteiger partial charge in [0.2, 0.25) is 0 Å². The SMILES string of the molecule is CCCCCCCCCCCCCCCCCCC(=O)CCCCCCCCCC. The number of hydrogen-bond donors (Lipinski definition) is 0. The Bertz CT molecular complexity index is 322. The van der Waals surface area contributed by atoms with Crippen LogP contribution in [0.3, 0.4) is 0 Å². The number of hydrogen-bond acceptors (Lipinski definition) is 1. The summed E-state index contributed by atoms with van der Waals surface area (Å²) in [7, 11) is 0. The van der Waals surface area contributed by atoms with Gasteiger partial charge in [-0.25, -0.2) is 0 Å². The first kappa shape index (κ1) is 29.7. The maximum absolute atomic E-state index is 12.0. The van der Waals surface area contributed by atoms with Crippen molar-refractivity contribution in [3.63, 3.8) is 0 Å². The number of rotatable bonds is 26. The highest BCUT2D eigenvalue weighted by Gasteiger charge is 2.02. The van der Waals surface area contributed by atoms with Gasteiger partial charge in [0, 0.05) is 12.8 Å². The minimum Gasteiger partial charge on any atom is -0.300 e. The summed E-state index contributed by atoms with van der Waals surface area (Å²) in [6.07, 6.45) is 34.6. The largest absolute Gasteiger partial charge is 0.300 e. The summed E-state index contributed by atoms with van der Waals surface area (Å²) in [4.78, 5) is 12.0. The standard InChI is InChI=1S/C29H58O/c1-3-5-7-9-11-13-14-15-16-17-18-19-20-22-24-26-28-29(30)27-25-23-21-12-10-8-6-4-2/h3-28H2,1-2H3. The van der Waals surface area contributed by atoms with Crippen molar-refractivity contribution in [3.05, 3.63) is 0 Å². The monoisotopic (exact) mass is 422 g/mol. The van der Waals surface area contributed by atoms with Crippen LogP contribution in [0.2, 0.25) is 0 Å². The molecule has 0 fully saturated rings. The smallest absolute Gasteiger partial charge is 0.132 e. The van der Waals surface area contributed by atoms with Gasteiger partial charge in [0.1, 0.15) is 5.78 Å². The third-order valence-electron chi connectivity index (χ3n) is 6.62. The van der Waals surface area contributed by atoms with Crippen LogP contribution in [0.1, 0.15) is 181 Å². The van der Waals surface area contributed by atoms with Gasteiger partial charge in [0.25, 0.3) is 0 Å². The molecule has 0 aliphatic heterocycles. The number of carbonyl (C=O) groups is 1. The zero-order valence-corrected chi connectivity index (χ0v) is 21.3. The molecule has 0 aromatic heterocycles. The number of unbranched alkanes of at least 4 members (excludes halogenated alkanes) is 22. The third kappa shape index (κ3) is 25.7. The van der Waals surface area contributed by atoms with E-state index in [4.69, 9.17) is 0 Å². The second-order valence-corrected chi connectivity index (χ2v) is 9.82. The van der Waals surface area contributed by atoms with Crippen LogP contribution in [-0.4, -0.2) is 5.78 Å². The first-order valence-electron chi connectivity index (χ1n) is 14.3. The normalized spacial score (nSPS) is 11.3. The summed E-state index contributed by atoms with van der Waals surface area (Å²) in [6, 6.07) is 0. The molecule has 0 bridgehead atoms. The van der Waals surface area contributed by atoms with E-state index < -0.39 is 0 Å². The Labute approximate surface area is 191 Å². The van der Waals surface area contributed by atoms with E-state index in [0.717, 1.165) is 25.7 Å². The molecule has 0 aromatic rings. The summed E-state index contributed by atoms with van der Waals surface area (Å²) in [5.41, 5.74) is 0. The van der Waals surface area contributed by atoms with Crippen LogP contribution in [0, 0.1) is 0 Å².